The summed E-state index contributed by atoms with van der Waals surface area (Å²) in [4.78, 5) is 0. The molecule has 0 amide bonds. The second-order valence-electron chi connectivity index (χ2n) is 3.40. The monoisotopic (exact) mass is 122 g/mol. The molecule has 0 N–H and O–H groups in total. The lowest BCUT2D eigenvalue weighted by atomic mass is 9.91. The first-order valence-electron chi connectivity index (χ1n) is 4.09. The van der Waals surface area contributed by atoms with Crippen LogP contribution in [0.2, 0.25) is 0 Å². The Morgan fingerprint density at radius 2 is 2.56 bits per heavy atom. The van der Waals surface area contributed by atoms with Crippen molar-refractivity contribution in [2.45, 2.75) is 32.6 Å². The molecule has 2 bridgehead atoms. The summed E-state index contributed by atoms with van der Waals surface area (Å²) in [5.74, 6) is 2.03. The van der Waals surface area contributed by atoms with Crippen LogP contribution in [0.1, 0.15) is 32.6 Å². The Bertz CT molecular complexity index is 144. The van der Waals surface area contributed by atoms with Gasteiger partial charge in [-0.25, -0.2) is 0 Å². The Labute approximate surface area is 57.0 Å². The van der Waals surface area contributed by atoms with Gasteiger partial charge >= 0.3 is 0 Å². The molecule has 50 valence electrons. The van der Waals surface area contributed by atoms with E-state index in [-0.39, 0.29) is 0 Å². The van der Waals surface area contributed by atoms with E-state index in [1.807, 2.05) is 0 Å². The second-order valence-corrected chi connectivity index (χ2v) is 3.40. The highest BCUT2D eigenvalue weighted by Crippen LogP contribution is 2.44. The Balaban J connectivity index is 2.16. The summed E-state index contributed by atoms with van der Waals surface area (Å²) in [6, 6.07) is 0. The lowest BCUT2D eigenvalue weighted by Crippen LogP contribution is -2.04. The molecular weight excluding hydrogens is 108 g/mol. The quantitative estimate of drug-likeness (QED) is 0.469. The molecule has 2 aliphatic carbocycles. The number of hydrogen-bond donors (Lipinski definition) is 0. The molecule has 2 atom stereocenters. The van der Waals surface area contributed by atoms with Crippen LogP contribution in [0.25, 0.3) is 0 Å². The molecule has 2 rings (SSSR count). The van der Waals surface area contributed by atoms with Crippen LogP contribution in [0.3, 0.4) is 0 Å². The SMILES string of the molecule is CCC1C=C2CCC1C2. The van der Waals surface area contributed by atoms with Crippen molar-refractivity contribution in [3.8, 4) is 0 Å². The Morgan fingerprint density at radius 1 is 1.67 bits per heavy atom. The predicted molar refractivity (Wildman–Crippen MR) is 39.2 cm³/mol. The molecule has 0 spiro atoms. The Hall–Kier alpha value is -0.260. The van der Waals surface area contributed by atoms with Gasteiger partial charge in [-0.05, 0) is 37.5 Å². The maximum atomic E-state index is 2.52. The molecule has 0 aromatic heterocycles. The molecule has 9 heavy (non-hydrogen) atoms. The fourth-order valence-corrected chi connectivity index (χ4v) is 2.32. The highest BCUT2D eigenvalue weighted by atomic mass is 14.4. The van der Waals surface area contributed by atoms with Gasteiger partial charge in [-0.3, -0.25) is 0 Å². The summed E-state index contributed by atoms with van der Waals surface area (Å²) < 4.78 is 0. The van der Waals surface area contributed by atoms with Crippen LogP contribution in [0.15, 0.2) is 11.6 Å². The standard InChI is InChI=1S/C9H14/c1-2-8-5-7-3-4-9(8)6-7/h5,8-9H,2-4,6H2,1H3. The van der Waals surface area contributed by atoms with E-state index in [0.29, 0.717) is 0 Å². The molecule has 2 unspecified atom stereocenters. The van der Waals surface area contributed by atoms with Gasteiger partial charge in [0.05, 0.1) is 0 Å². The van der Waals surface area contributed by atoms with Crippen molar-refractivity contribution < 1.29 is 0 Å². The maximum Gasteiger partial charge on any atom is -0.0202 e. The minimum atomic E-state index is 0.966. The highest BCUT2D eigenvalue weighted by Gasteiger charge is 2.31. The van der Waals surface area contributed by atoms with Crippen LogP contribution >= 0.6 is 0 Å². The summed E-state index contributed by atoms with van der Waals surface area (Å²) >= 11 is 0. The lowest BCUT2D eigenvalue weighted by molar-refractivity contribution is 0.411. The molecule has 0 nitrogen and oxygen atoms in total. The first-order chi connectivity index (χ1) is 4.40. The highest BCUT2D eigenvalue weighted by molar-refractivity contribution is 5.18. The van der Waals surface area contributed by atoms with Gasteiger partial charge in [0, 0.05) is 0 Å². The van der Waals surface area contributed by atoms with Crippen LogP contribution in [-0.4, -0.2) is 0 Å². The van der Waals surface area contributed by atoms with Gasteiger partial charge in [0.1, 0.15) is 0 Å². The van der Waals surface area contributed by atoms with Crippen molar-refractivity contribution in [2.75, 3.05) is 0 Å². The molecule has 1 fully saturated rings. The maximum absolute atomic E-state index is 2.52. The van der Waals surface area contributed by atoms with Crippen molar-refractivity contribution in [3.05, 3.63) is 11.6 Å². The normalized spacial score (nSPS) is 39.4. The number of hydrogen-bond acceptors (Lipinski definition) is 0. The average Bonchev–Trinajstić information content (AvgIpc) is 2.45. The third-order valence-corrected chi connectivity index (χ3v) is 2.89. The van der Waals surface area contributed by atoms with Gasteiger partial charge < -0.3 is 0 Å². The Kier molecular flexibility index (Phi) is 1.14. The molecule has 0 aliphatic heterocycles. The lowest BCUT2D eigenvalue weighted by Gasteiger charge is -2.14. The summed E-state index contributed by atoms with van der Waals surface area (Å²) in [6.07, 6.45) is 8.24. The first kappa shape index (κ1) is 5.52. The molecule has 0 radical (unpaired) electrons. The number of allylic oxidation sites excluding steroid dienone is 2. The van der Waals surface area contributed by atoms with Crippen LogP contribution in [0.5, 0.6) is 0 Å². The van der Waals surface area contributed by atoms with E-state index in [9.17, 15) is 0 Å². The average molecular weight is 122 g/mol. The van der Waals surface area contributed by atoms with Crippen molar-refractivity contribution in [2.24, 2.45) is 11.8 Å². The number of fused-ring (bicyclic) bond motifs is 2. The minimum Gasteiger partial charge on any atom is -0.0819 e. The van der Waals surface area contributed by atoms with Gasteiger partial charge in [0.15, 0.2) is 0 Å². The summed E-state index contributed by atoms with van der Waals surface area (Å²) in [6.45, 7) is 2.31. The van der Waals surface area contributed by atoms with Crippen LogP contribution in [0.4, 0.5) is 0 Å². The zero-order chi connectivity index (χ0) is 6.27. The topological polar surface area (TPSA) is 0 Å². The van der Waals surface area contributed by atoms with E-state index in [1.54, 1.807) is 5.57 Å². The Morgan fingerprint density at radius 3 is 2.89 bits per heavy atom. The van der Waals surface area contributed by atoms with Gasteiger partial charge in [0.2, 0.25) is 0 Å². The third-order valence-electron chi connectivity index (χ3n) is 2.89. The van der Waals surface area contributed by atoms with E-state index in [2.05, 4.69) is 13.0 Å². The largest absolute Gasteiger partial charge is 0.0819 e. The molecule has 0 aromatic rings. The smallest absolute Gasteiger partial charge is 0.0202 e. The van der Waals surface area contributed by atoms with Crippen molar-refractivity contribution in [1.29, 1.82) is 0 Å². The molecular formula is C9H14. The zero-order valence-corrected chi connectivity index (χ0v) is 6.06. The summed E-state index contributed by atoms with van der Waals surface area (Å²) in [5.41, 5.74) is 1.76. The van der Waals surface area contributed by atoms with Crippen LogP contribution in [0, 0.1) is 11.8 Å². The third kappa shape index (κ3) is 0.726. The second kappa shape index (κ2) is 1.86. The van der Waals surface area contributed by atoms with Crippen molar-refractivity contribution >= 4 is 0 Å². The molecule has 1 saturated carbocycles. The molecule has 0 heterocycles. The minimum absolute atomic E-state index is 0.966. The first-order valence-corrected chi connectivity index (χ1v) is 4.09. The fraction of sp³-hybridized carbons (Fsp3) is 0.778. The van der Waals surface area contributed by atoms with Crippen molar-refractivity contribution in [3.63, 3.8) is 0 Å². The molecule has 2 aliphatic rings. The van der Waals surface area contributed by atoms with Crippen LogP contribution < -0.4 is 0 Å². The van der Waals surface area contributed by atoms with E-state index < -0.39 is 0 Å². The fourth-order valence-electron chi connectivity index (χ4n) is 2.32. The molecule has 0 aromatic carbocycles. The summed E-state index contributed by atoms with van der Waals surface area (Å²) in [5, 5.41) is 0. The van der Waals surface area contributed by atoms with Gasteiger partial charge in [0.25, 0.3) is 0 Å². The van der Waals surface area contributed by atoms with Gasteiger partial charge in [-0.1, -0.05) is 18.6 Å². The van der Waals surface area contributed by atoms with E-state index in [1.165, 1.54) is 25.7 Å². The molecule has 0 saturated heterocycles. The van der Waals surface area contributed by atoms with E-state index in [0.717, 1.165) is 11.8 Å². The van der Waals surface area contributed by atoms with E-state index >= 15 is 0 Å². The van der Waals surface area contributed by atoms with Crippen LogP contribution in [-0.2, 0) is 0 Å². The zero-order valence-electron chi connectivity index (χ0n) is 6.06. The van der Waals surface area contributed by atoms with Gasteiger partial charge in [-0.15, -0.1) is 0 Å². The summed E-state index contributed by atoms with van der Waals surface area (Å²) in [7, 11) is 0. The number of rotatable bonds is 1. The van der Waals surface area contributed by atoms with E-state index in [4.69, 9.17) is 0 Å². The predicted octanol–water partition coefficient (Wildman–Crippen LogP) is 2.75. The van der Waals surface area contributed by atoms with Gasteiger partial charge in [-0.2, -0.15) is 0 Å². The van der Waals surface area contributed by atoms with Crippen molar-refractivity contribution in [1.82, 2.24) is 0 Å². The molecule has 0 heteroatoms.